The Kier molecular flexibility index (Phi) is 1.30. The second-order valence-corrected chi connectivity index (χ2v) is 2.81. The van der Waals surface area contributed by atoms with Crippen LogP contribution in [0.3, 0.4) is 0 Å². The summed E-state index contributed by atoms with van der Waals surface area (Å²) in [7, 11) is 1.88. The first-order chi connectivity index (χ1) is 5.68. The first-order valence-electron chi connectivity index (χ1n) is 3.61. The van der Waals surface area contributed by atoms with E-state index in [0.717, 1.165) is 0 Å². The molecule has 2 aliphatic heterocycles. The first-order valence-corrected chi connectivity index (χ1v) is 3.61. The minimum Gasteiger partial charge on any atom is -0.385 e. The molecule has 2 heterocycles. The fraction of sp³-hybridized carbons (Fsp3) is 0.500. The number of nitrogens with two attached hydrogens (primary N) is 2. The van der Waals surface area contributed by atoms with Crippen molar-refractivity contribution < 1.29 is 0 Å². The highest BCUT2D eigenvalue weighted by Crippen LogP contribution is 2.16. The van der Waals surface area contributed by atoms with E-state index in [1.807, 2.05) is 11.9 Å². The van der Waals surface area contributed by atoms with Crippen LogP contribution in [0.1, 0.15) is 0 Å². The first kappa shape index (κ1) is 7.08. The van der Waals surface area contributed by atoms with Crippen LogP contribution in [0.4, 0.5) is 0 Å². The van der Waals surface area contributed by atoms with Crippen molar-refractivity contribution in [2.45, 2.75) is 12.2 Å². The van der Waals surface area contributed by atoms with Crippen molar-refractivity contribution in [1.82, 2.24) is 4.90 Å². The Morgan fingerprint density at radius 3 is 3.00 bits per heavy atom. The topological polar surface area (TPSA) is 92.4 Å². The molecule has 6 heteroatoms. The third-order valence-corrected chi connectivity index (χ3v) is 1.92. The molecule has 2 atom stereocenters. The highest BCUT2D eigenvalue weighted by atomic mass is 15.3. The molecule has 0 fully saturated rings. The summed E-state index contributed by atoms with van der Waals surface area (Å²) < 4.78 is 0. The van der Waals surface area contributed by atoms with Crippen molar-refractivity contribution in [3.8, 4) is 0 Å². The fourth-order valence-electron chi connectivity index (χ4n) is 1.30. The fourth-order valence-corrected chi connectivity index (χ4v) is 1.30. The SMILES string of the molecule is CN1C=NC2C(N)=NC(N)=NC21. The van der Waals surface area contributed by atoms with Gasteiger partial charge in [-0.15, -0.1) is 0 Å². The minimum absolute atomic E-state index is 0.0949. The quantitative estimate of drug-likeness (QED) is 0.451. The van der Waals surface area contributed by atoms with E-state index in [9.17, 15) is 0 Å². The molecule has 0 aromatic rings. The lowest BCUT2D eigenvalue weighted by molar-refractivity contribution is 0.398. The van der Waals surface area contributed by atoms with E-state index in [4.69, 9.17) is 11.5 Å². The molecule has 4 N–H and O–H groups in total. The largest absolute Gasteiger partial charge is 0.385 e. The lowest BCUT2D eigenvalue weighted by Crippen LogP contribution is -2.45. The van der Waals surface area contributed by atoms with Crippen LogP contribution in [-0.4, -0.2) is 42.3 Å². The number of guanidine groups is 1. The summed E-state index contributed by atoms with van der Waals surface area (Å²) >= 11 is 0. The maximum absolute atomic E-state index is 5.62. The van der Waals surface area contributed by atoms with E-state index >= 15 is 0 Å². The monoisotopic (exact) mass is 166 g/mol. The number of hydrogen-bond acceptors (Lipinski definition) is 6. The van der Waals surface area contributed by atoms with Crippen LogP contribution in [0.5, 0.6) is 0 Å². The van der Waals surface area contributed by atoms with Gasteiger partial charge in [0.2, 0.25) is 5.96 Å². The van der Waals surface area contributed by atoms with Crippen LogP contribution in [0.2, 0.25) is 0 Å². The van der Waals surface area contributed by atoms with E-state index in [2.05, 4.69) is 15.0 Å². The van der Waals surface area contributed by atoms with Gasteiger partial charge in [-0.3, -0.25) is 4.99 Å². The van der Waals surface area contributed by atoms with Crippen molar-refractivity contribution in [3.63, 3.8) is 0 Å². The van der Waals surface area contributed by atoms with Gasteiger partial charge in [-0.25, -0.2) is 4.99 Å². The van der Waals surface area contributed by atoms with Gasteiger partial charge in [-0.2, -0.15) is 4.99 Å². The highest BCUT2D eigenvalue weighted by Gasteiger charge is 2.33. The zero-order valence-electron chi connectivity index (χ0n) is 6.68. The van der Waals surface area contributed by atoms with Crippen LogP contribution in [0, 0.1) is 0 Å². The molecule has 0 bridgehead atoms. The molecule has 0 aromatic heterocycles. The van der Waals surface area contributed by atoms with Crippen molar-refractivity contribution in [2.75, 3.05) is 7.05 Å². The van der Waals surface area contributed by atoms with Crippen molar-refractivity contribution >= 4 is 18.1 Å². The van der Waals surface area contributed by atoms with Crippen LogP contribution >= 0.6 is 0 Å². The molecule has 2 unspecified atom stereocenters. The average Bonchev–Trinajstić information content (AvgIpc) is 2.33. The Morgan fingerprint density at radius 1 is 1.50 bits per heavy atom. The number of hydrogen-bond donors (Lipinski definition) is 2. The maximum atomic E-state index is 5.62. The molecule has 12 heavy (non-hydrogen) atoms. The van der Waals surface area contributed by atoms with Gasteiger partial charge in [0, 0.05) is 7.05 Å². The van der Waals surface area contributed by atoms with Crippen molar-refractivity contribution in [1.29, 1.82) is 0 Å². The average molecular weight is 166 g/mol. The molecular formula is C6H10N6. The third kappa shape index (κ3) is 0.843. The summed E-state index contributed by atoms with van der Waals surface area (Å²) in [5, 5.41) is 0. The molecule has 6 nitrogen and oxygen atoms in total. The lowest BCUT2D eigenvalue weighted by Gasteiger charge is -2.23. The summed E-state index contributed by atoms with van der Waals surface area (Å²) in [6, 6.07) is -0.151. The van der Waals surface area contributed by atoms with E-state index in [1.54, 1.807) is 6.34 Å². The van der Waals surface area contributed by atoms with Crippen molar-refractivity contribution in [3.05, 3.63) is 0 Å². The number of aliphatic imine (C=N–C) groups is 3. The predicted octanol–water partition coefficient (Wildman–Crippen LogP) is -1.66. The highest BCUT2D eigenvalue weighted by molar-refractivity contribution is 6.01. The van der Waals surface area contributed by atoms with Gasteiger partial charge < -0.3 is 16.4 Å². The van der Waals surface area contributed by atoms with E-state index in [0.29, 0.717) is 5.84 Å². The van der Waals surface area contributed by atoms with E-state index in [1.165, 1.54) is 0 Å². The smallest absolute Gasteiger partial charge is 0.219 e. The second kappa shape index (κ2) is 2.20. The van der Waals surface area contributed by atoms with Gasteiger partial charge in [-0.1, -0.05) is 0 Å². The predicted molar refractivity (Wildman–Crippen MR) is 47.1 cm³/mol. The number of likely N-dealkylation sites (N-methyl/N-ethyl adjacent to an activating group) is 1. The number of amidine groups is 1. The Bertz CT molecular complexity index is 290. The minimum atomic E-state index is -0.151. The Hall–Kier alpha value is -1.59. The number of rotatable bonds is 0. The van der Waals surface area contributed by atoms with E-state index < -0.39 is 0 Å². The van der Waals surface area contributed by atoms with Crippen LogP contribution in [-0.2, 0) is 0 Å². The molecule has 64 valence electrons. The molecule has 0 aliphatic carbocycles. The molecule has 0 saturated carbocycles. The Labute approximate surface area is 69.7 Å². The molecule has 0 amide bonds. The third-order valence-electron chi connectivity index (χ3n) is 1.92. The Balaban J connectivity index is 2.34. The number of fused-ring (bicyclic) bond motifs is 1. The van der Waals surface area contributed by atoms with Gasteiger partial charge in [-0.05, 0) is 0 Å². The van der Waals surface area contributed by atoms with Gasteiger partial charge in [0.1, 0.15) is 11.9 Å². The van der Waals surface area contributed by atoms with E-state index in [-0.39, 0.29) is 18.2 Å². The zero-order chi connectivity index (χ0) is 8.72. The van der Waals surface area contributed by atoms with Gasteiger partial charge in [0.15, 0.2) is 6.17 Å². The maximum Gasteiger partial charge on any atom is 0.219 e. The van der Waals surface area contributed by atoms with Gasteiger partial charge in [0.25, 0.3) is 0 Å². The zero-order valence-corrected chi connectivity index (χ0v) is 6.68. The summed E-state index contributed by atoms with van der Waals surface area (Å²) in [5.41, 5.74) is 11.1. The molecule has 2 aliphatic rings. The standard InChI is InChI=1S/C6H10N6/c1-12-2-9-3-4(7)10-6(8)11-5(3)12/h2-3,5H,1H3,(H4,7,8,10,11). The summed E-state index contributed by atoms with van der Waals surface area (Å²) in [6.07, 6.45) is 1.60. The molecule has 0 radical (unpaired) electrons. The lowest BCUT2D eigenvalue weighted by atomic mass is 10.2. The number of nitrogens with zero attached hydrogens (tertiary/aromatic N) is 4. The molecular weight excluding hydrogens is 156 g/mol. The summed E-state index contributed by atoms with van der Waals surface area (Å²) in [5.74, 6) is 0.666. The van der Waals surface area contributed by atoms with Crippen LogP contribution in [0.15, 0.2) is 15.0 Å². The summed E-state index contributed by atoms with van der Waals surface area (Å²) in [6.45, 7) is 0. The molecule has 0 spiro atoms. The van der Waals surface area contributed by atoms with Crippen LogP contribution in [0.25, 0.3) is 0 Å². The van der Waals surface area contributed by atoms with Gasteiger partial charge in [0.05, 0.1) is 6.34 Å². The Morgan fingerprint density at radius 2 is 2.25 bits per heavy atom. The van der Waals surface area contributed by atoms with Crippen LogP contribution < -0.4 is 11.5 Å². The van der Waals surface area contributed by atoms with Crippen molar-refractivity contribution in [2.24, 2.45) is 26.4 Å². The summed E-state index contributed by atoms with van der Waals surface area (Å²) in [4.78, 5) is 13.9. The molecule has 2 rings (SSSR count). The second-order valence-electron chi connectivity index (χ2n) is 2.81. The molecule has 0 saturated heterocycles. The molecule has 0 aromatic carbocycles. The van der Waals surface area contributed by atoms with Gasteiger partial charge >= 0.3 is 0 Å². The normalized spacial score (nSPS) is 32.9.